The summed E-state index contributed by atoms with van der Waals surface area (Å²) >= 11 is 1.87. The lowest BCUT2D eigenvalue weighted by Crippen LogP contribution is -2.01. The molecule has 0 spiro atoms. The Morgan fingerprint density at radius 2 is 0.434 bits per heavy atom. The van der Waals surface area contributed by atoms with Crippen LogP contribution in [0.3, 0.4) is 0 Å². The molecule has 0 saturated carbocycles. The summed E-state index contributed by atoms with van der Waals surface area (Å²) in [4.78, 5) is 40.3. The van der Waals surface area contributed by atoms with Crippen LogP contribution < -0.4 is 0 Å². The maximum atomic E-state index is 6.22. The van der Waals surface area contributed by atoms with Gasteiger partial charge in [-0.3, -0.25) is 0 Å². The van der Waals surface area contributed by atoms with Crippen LogP contribution in [0.5, 0.6) is 0 Å². The molecular formula is C134H80N8O2S. The first-order valence-corrected chi connectivity index (χ1v) is 49.6. The molecule has 30 rings (SSSR count). The van der Waals surface area contributed by atoms with E-state index in [1.165, 1.54) is 139 Å². The van der Waals surface area contributed by atoms with Gasteiger partial charge in [0.1, 0.15) is 22.3 Å². The summed E-state index contributed by atoms with van der Waals surface area (Å²) in [7, 11) is 0. The van der Waals surface area contributed by atoms with Gasteiger partial charge in [-0.25, -0.2) is 39.9 Å². The van der Waals surface area contributed by atoms with Crippen molar-refractivity contribution in [2.75, 3.05) is 0 Å². The van der Waals surface area contributed by atoms with Gasteiger partial charge in [0.2, 0.25) is 0 Å². The zero-order chi connectivity index (χ0) is 95.5. The molecule has 0 aliphatic rings. The molecule has 0 aliphatic carbocycles. The highest BCUT2D eigenvalue weighted by Gasteiger charge is 2.25. The Kier molecular flexibility index (Phi) is 20.3. The molecule has 0 atom stereocenters. The van der Waals surface area contributed by atoms with Crippen LogP contribution in [-0.4, -0.2) is 39.9 Å². The molecule has 11 heteroatoms. The highest BCUT2D eigenvalue weighted by atomic mass is 32.1. The van der Waals surface area contributed by atoms with Crippen LogP contribution in [0.25, 0.3) is 296 Å². The first-order valence-electron chi connectivity index (χ1n) is 48.8. The van der Waals surface area contributed by atoms with Gasteiger partial charge in [0.25, 0.3) is 0 Å². The number of fused-ring (bicyclic) bond motifs is 28. The predicted octanol–water partition coefficient (Wildman–Crippen LogP) is 36.3. The van der Waals surface area contributed by atoms with Crippen molar-refractivity contribution in [3.05, 3.63) is 485 Å². The van der Waals surface area contributed by atoms with Crippen LogP contribution in [0.4, 0.5) is 0 Å². The van der Waals surface area contributed by atoms with Gasteiger partial charge in [0.05, 0.1) is 22.4 Å². The highest BCUT2D eigenvalue weighted by molar-refractivity contribution is 7.26. The van der Waals surface area contributed by atoms with Crippen LogP contribution in [-0.2, 0) is 0 Å². The lowest BCUT2D eigenvalue weighted by atomic mass is 9.92. The lowest BCUT2D eigenvalue weighted by molar-refractivity contribution is 0.669. The van der Waals surface area contributed by atoms with E-state index in [1.807, 2.05) is 193 Å². The molecule has 0 fully saturated rings. The summed E-state index contributed by atoms with van der Waals surface area (Å²) in [5.74, 6) is 3.91. The molecule has 0 unspecified atom stereocenters. The molecule has 0 radical (unpaired) electrons. The minimum atomic E-state index is 0.643. The standard InChI is InChI=1S/C45H27N3O.C45H27N3S.C44H26N2O/c2*1-3-11-29(12-4-1)43-46-44(30-13-5-2-6-14-30)48-45(47-43)37-16-8-7-15-33(37)31-22-23-34-32(27-31)20-19-28-21-24-36-35(41(28)34)25-26-40-42(36)38-17-9-10-18-39(38)49-40;1-2-8-27(9-3-1)28-14-17-30(18-15-28)43-44(46-38-12-6-5-11-37(38)45-43)32-21-22-33-31(26-32)19-16-29-20-23-35-34(41(29)33)24-25-40-42(35)36-10-4-7-13-39(36)47-40/h2*1-27H;1-26H. The Balaban J connectivity index is 0.000000106. The summed E-state index contributed by atoms with van der Waals surface area (Å²) in [5, 5.41) is 29.5. The van der Waals surface area contributed by atoms with Crippen LogP contribution in [0.1, 0.15) is 0 Å². The smallest absolute Gasteiger partial charge is 0.164 e. The molecule has 10 nitrogen and oxygen atoms in total. The molecule has 674 valence electrons. The van der Waals surface area contributed by atoms with Gasteiger partial charge in [-0.15, -0.1) is 11.3 Å². The van der Waals surface area contributed by atoms with Crippen molar-refractivity contribution in [2.45, 2.75) is 0 Å². The van der Waals surface area contributed by atoms with Gasteiger partial charge in [-0.05, 0) is 209 Å². The van der Waals surface area contributed by atoms with Crippen molar-refractivity contribution in [3.63, 3.8) is 0 Å². The highest BCUT2D eigenvalue weighted by Crippen LogP contribution is 2.48. The number of rotatable bonds is 11. The molecule has 0 saturated heterocycles. The number of nitrogens with zero attached hydrogens (tertiary/aromatic N) is 8. The summed E-state index contributed by atoms with van der Waals surface area (Å²) < 4.78 is 15.1. The largest absolute Gasteiger partial charge is 0.456 e. The Hall–Kier alpha value is -19.2. The average Bonchev–Trinajstić information content (AvgIpc) is 1.68. The van der Waals surface area contributed by atoms with Crippen molar-refractivity contribution >= 4 is 183 Å². The van der Waals surface area contributed by atoms with E-state index in [9.17, 15) is 0 Å². The molecule has 0 bridgehead atoms. The first kappa shape index (κ1) is 83.9. The Morgan fingerprint density at radius 1 is 0.145 bits per heavy atom. The molecule has 30 aromatic rings. The minimum Gasteiger partial charge on any atom is -0.456 e. The third-order valence-electron chi connectivity index (χ3n) is 28.5. The molecule has 6 heterocycles. The van der Waals surface area contributed by atoms with Crippen LogP contribution >= 0.6 is 11.3 Å². The summed E-state index contributed by atoms with van der Waals surface area (Å²) in [6.45, 7) is 0. The van der Waals surface area contributed by atoms with Crippen molar-refractivity contribution in [1.82, 2.24) is 39.9 Å². The summed E-state index contributed by atoms with van der Waals surface area (Å²) in [6, 6.07) is 170. The van der Waals surface area contributed by atoms with Crippen molar-refractivity contribution < 1.29 is 8.83 Å². The fraction of sp³-hybridized carbons (Fsp3) is 0. The predicted molar refractivity (Wildman–Crippen MR) is 604 cm³/mol. The molecule has 0 amide bonds. The molecular weight excluding hydrogens is 1790 g/mol. The van der Waals surface area contributed by atoms with Crippen LogP contribution in [0.2, 0.25) is 0 Å². The minimum absolute atomic E-state index is 0.643. The molecule has 24 aromatic carbocycles. The topological polar surface area (TPSA) is 129 Å². The number of hydrogen-bond acceptors (Lipinski definition) is 11. The summed E-state index contributed by atoms with van der Waals surface area (Å²) in [6.07, 6.45) is 0. The van der Waals surface area contributed by atoms with E-state index in [0.29, 0.717) is 34.9 Å². The van der Waals surface area contributed by atoms with Crippen molar-refractivity contribution in [3.8, 4) is 124 Å². The van der Waals surface area contributed by atoms with E-state index < -0.39 is 0 Å². The van der Waals surface area contributed by atoms with Gasteiger partial charge in [-0.2, -0.15) is 0 Å². The monoisotopic (exact) mass is 1860 g/mol. The van der Waals surface area contributed by atoms with E-state index in [4.69, 9.17) is 48.7 Å². The van der Waals surface area contributed by atoms with E-state index in [-0.39, 0.29) is 0 Å². The fourth-order valence-electron chi connectivity index (χ4n) is 21.6. The number of aromatic nitrogens is 8. The van der Waals surface area contributed by atoms with Gasteiger partial charge >= 0.3 is 0 Å². The number of para-hydroxylation sites is 4. The molecule has 6 aromatic heterocycles. The fourth-order valence-corrected chi connectivity index (χ4v) is 22.8. The molecule has 145 heavy (non-hydrogen) atoms. The second kappa shape index (κ2) is 35.0. The van der Waals surface area contributed by atoms with Gasteiger partial charge in [-0.1, -0.05) is 406 Å². The van der Waals surface area contributed by atoms with Gasteiger partial charge in [0, 0.05) is 86.2 Å². The second-order valence-corrected chi connectivity index (χ2v) is 38.0. The van der Waals surface area contributed by atoms with E-state index in [1.54, 1.807) is 0 Å². The molecule has 0 aliphatic heterocycles. The summed E-state index contributed by atoms with van der Waals surface area (Å²) in [5.41, 5.74) is 21.8. The zero-order valence-corrected chi connectivity index (χ0v) is 78.8. The quantitative estimate of drug-likeness (QED) is 0.115. The Labute approximate surface area is 835 Å². The van der Waals surface area contributed by atoms with Crippen LogP contribution in [0, 0.1) is 0 Å². The Bertz CT molecular complexity index is 9960. The Morgan fingerprint density at radius 3 is 0.876 bits per heavy atom. The first-order chi connectivity index (χ1) is 71.8. The maximum Gasteiger partial charge on any atom is 0.164 e. The second-order valence-electron chi connectivity index (χ2n) is 36.9. The van der Waals surface area contributed by atoms with Crippen LogP contribution in [0.15, 0.2) is 494 Å². The van der Waals surface area contributed by atoms with E-state index in [2.05, 4.69) is 303 Å². The number of benzene rings is 24. The maximum absolute atomic E-state index is 6.22. The van der Waals surface area contributed by atoms with Gasteiger partial charge < -0.3 is 8.83 Å². The zero-order valence-electron chi connectivity index (χ0n) is 78.0. The number of thiophene rings is 1. The third-order valence-corrected chi connectivity index (χ3v) is 29.6. The SMILES string of the molecule is c1ccc(-c2ccc(-c3nc4ccccc4nc3-c3ccc4c(ccc5ccc6c(ccc7oc8ccccc8c76)c54)c3)cc2)cc1.c1ccc(-c2nc(-c3ccccc3)nc(-c3ccccc3-c3ccc4c(ccc5ccc6c(ccc7oc8ccccc8c76)c54)c3)n2)cc1.c1ccc(-c2nc(-c3ccccc3)nc(-c3ccccc3-c3ccc4c(ccc5ccc6c(ccc7sc8ccccc8c76)c54)c3)n2)cc1. The van der Waals surface area contributed by atoms with Gasteiger partial charge in [0.15, 0.2) is 34.9 Å². The van der Waals surface area contributed by atoms with Crippen molar-refractivity contribution in [2.24, 2.45) is 0 Å². The molecule has 0 N–H and O–H groups in total. The number of furan rings is 2. The lowest BCUT2D eigenvalue weighted by Gasteiger charge is -2.14. The van der Waals surface area contributed by atoms with E-state index in [0.717, 1.165) is 122 Å². The normalized spacial score (nSPS) is 11.7. The van der Waals surface area contributed by atoms with E-state index >= 15 is 0 Å². The average molecular weight is 1870 g/mol. The van der Waals surface area contributed by atoms with Crippen molar-refractivity contribution in [1.29, 1.82) is 0 Å². The number of hydrogen-bond donors (Lipinski definition) is 0. The third kappa shape index (κ3) is 14.8.